The van der Waals surface area contributed by atoms with Crippen LogP contribution in [0, 0.1) is 5.92 Å². The van der Waals surface area contributed by atoms with Gasteiger partial charge in [0.15, 0.2) is 5.03 Å². The van der Waals surface area contributed by atoms with E-state index in [-0.39, 0.29) is 22.4 Å². The van der Waals surface area contributed by atoms with Crippen LogP contribution in [0.25, 0.3) is 0 Å². The smallest absolute Gasteiger partial charge is 0.260 e. The Morgan fingerprint density at radius 3 is 2.24 bits per heavy atom. The Kier molecular flexibility index (Phi) is 8.04. The molecule has 10 heteroatoms. The van der Waals surface area contributed by atoms with E-state index in [0.717, 1.165) is 0 Å². The third-order valence-electron chi connectivity index (χ3n) is 4.84. The van der Waals surface area contributed by atoms with Gasteiger partial charge in [0.25, 0.3) is 5.91 Å². The second-order valence-corrected chi connectivity index (χ2v) is 9.94. The molecule has 2 aromatic carbocycles. The Bertz CT molecular complexity index is 1200. The maximum absolute atomic E-state index is 13.1. The van der Waals surface area contributed by atoms with Gasteiger partial charge in [-0.05, 0) is 72.1 Å². The molecule has 0 saturated heterocycles. The van der Waals surface area contributed by atoms with Crippen molar-refractivity contribution in [3.8, 4) is 11.5 Å². The number of rotatable bonds is 9. The molecule has 0 aliphatic heterocycles. The van der Waals surface area contributed by atoms with Gasteiger partial charge in [-0.1, -0.05) is 25.4 Å². The minimum absolute atomic E-state index is 0.0725. The highest BCUT2D eigenvalue weighted by atomic mass is 35.5. The van der Waals surface area contributed by atoms with Crippen molar-refractivity contribution < 1.29 is 23.2 Å². The Balaban J connectivity index is 1.74. The van der Waals surface area contributed by atoms with Crippen LogP contribution in [-0.2, 0) is 21.2 Å². The third-order valence-corrected chi connectivity index (χ3v) is 6.76. The molecule has 0 fully saturated rings. The van der Waals surface area contributed by atoms with Gasteiger partial charge in [0.1, 0.15) is 11.5 Å². The number of nitrogens with zero attached hydrogens (tertiary/aromatic N) is 1. The number of aromatic nitrogens is 1. The molecule has 0 aliphatic rings. The molecule has 0 bridgehead atoms. The molecule has 3 aromatic rings. The molecule has 0 spiro atoms. The molecule has 33 heavy (non-hydrogen) atoms. The monoisotopic (exact) mass is 489 g/mol. The van der Waals surface area contributed by atoms with Gasteiger partial charge in [-0.3, -0.25) is 10.0 Å². The second kappa shape index (κ2) is 10.8. The molecule has 1 amide bonds. The summed E-state index contributed by atoms with van der Waals surface area (Å²) < 4.78 is 31.8. The number of benzene rings is 2. The summed E-state index contributed by atoms with van der Waals surface area (Å²) in [4.78, 5) is 15.9. The molecule has 8 nitrogen and oxygen atoms in total. The molecule has 174 valence electrons. The van der Waals surface area contributed by atoms with Crippen molar-refractivity contribution >= 4 is 27.3 Å². The van der Waals surface area contributed by atoms with Crippen molar-refractivity contribution in [1.29, 1.82) is 0 Å². The lowest BCUT2D eigenvalue weighted by Gasteiger charge is -2.20. The van der Waals surface area contributed by atoms with E-state index in [4.69, 9.17) is 21.5 Å². The van der Waals surface area contributed by atoms with Crippen molar-refractivity contribution in [2.45, 2.75) is 36.4 Å². The minimum atomic E-state index is -3.86. The molecule has 3 N–H and O–H groups in total. The van der Waals surface area contributed by atoms with E-state index < -0.39 is 21.8 Å². The van der Waals surface area contributed by atoms with Gasteiger partial charge in [-0.2, -0.15) is 0 Å². The summed E-state index contributed by atoms with van der Waals surface area (Å²) in [6.45, 7) is 3.88. The van der Waals surface area contributed by atoms with Crippen LogP contribution in [0.4, 0.5) is 0 Å². The maximum Gasteiger partial charge on any atom is 0.260 e. The molecule has 0 radical (unpaired) electrons. The Morgan fingerprint density at radius 2 is 1.67 bits per heavy atom. The summed E-state index contributed by atoms with van der Waals surface area (Å²) in [5.74, 6) is 0.402. The molecule has 3 rings (SSSR count). The highest BCUT2D eigenvalue weighted by Crippen LogP contribution is 2.26. The first-order valence-corrected chi connectivity index (χ1v) is 12.0. The van der Waals surface area contributed by atoms with Crippen LogP contribution in [-0.4, -0.2) is 30.6 Å². The topological polar surface area (TPSA) is 118 Å². The quantitative estimate of drug-likeness (QED) is 0.307. The molecule has 0 aliphatic carbocycles. The van der Waals surface area contributed by atoms with E-state index in [1.807, 2.05) is 13.8 Å². The molecule has 1 aromatic heterocycles. The first-order valence-electron chi connectivity index (χ1n) is 10.1. The maximum atomic E-state index is 13.1. The summed E-state index contributed by atoms with van der Waals surface area (Å²) in [5, 5.41) is 12.4. The number of pyridine rings is 1. The first kappa shape index (κ1) is 24.7. The van der Waals surface area contributed by atoms with Crippen molar-refractivity contribution in [2.24, 2.45) is 5.92 Å². The molecular formula is C23H24ClN3O5S. The fourth-order valence-electron chi connectivity index (χ4n) is 3.08. The molecular weight excluding hydrogens is 466 g/mol. The van der Waals surface area contributed by atoms with Gasteiger partial charge >= 0.3 is 0 Å². The largest absolute Gasteiger partial charge is 0.457 e. The molecule has 0 unspecified atom stereocenters. The molecule has 1 heterocycles. The van der Waals surface area contributed by atoms with Crippen molar-refractivity contribution in [2.75, 3.05) is 0 Å². The third kappa shape index (κ3) is 6.29. The second-order valence-electron chi connectivity index (χ2n) is 7.61. The number of ether oxygens (including phenoxy) is 1. The number of hydrogen-bond acceptors (Lipinski definition) is 7. The van der Waals surface area contributed by atoms with Gasteiger partial charge in [-0.25, -0.2) is 18.9 Å². The van der Waals surface area contributed by atoms with Crippen LogP contribution in [0.1, 0.15) is 19.4 Å². The molecule has 0 saturated carbocycles. The van der Waals surface area contributed by atoms with Crippen molar-refractivity contribution in [1.82, 2.24) is 15.8 Å². The van der Waals surface area contributed by atoms with Gasteiger partial charge < -0.3 is 10.1 Å². The lowest BCUT2D eigenvalue weighted by atomic mass is 10.0. The SMILES string of the molecule is CC(C)[C@@H](NCc1ccnc(S(=O)(=O)c2ccc(Oc3ccc(Cl)cc3)cc2)c1)C(=O)NO. The Labute approximate surface area is 197 Å². The summed E-state index contributed by atoms with van der Waals surface area (Å²) in [7, 11) is -3.86. The summed E-state index contributed by atoms with van der Waals surface area (Å²) in [6, 6.07) is 15.3. The molecule has 1 atom stereocenters. The number of hydroxylamine groups is 1. The zero-order valence-corrected chi connectivity index (χ0v) is 19.6. The van der Waals surface area contributed by atoms with E-state index in [1.165, 1.54) is 24.4 Å². The van der Waals surface area contributed by atoms with Crippen LogP contribution in [0.3, 0.4) is 0 Å². The van der Waals surface area contributed by atoms with Gasteiger partial charge in [-0.15, -0.1) is 0 Å². The van der Waals surface area contributed by atoms with Crippen LogP contribution < -0.4 is 15.5 Å². The van der Waals surface area contributed by atoms with E-state index in [1.54, 1.807) is 47.9 Å². The van der Waals surface area contributed by atoms with Gasteiger partial charge in [0.05, 0.1) is 10.9 Å². The summed E-state index contributed by atoms with van der Waals surface area (Å²) >= 11 is 5.86. The van der Waals surface area contributed by atoms with Crippen LogP contribution in [0.2, 0.25) is 5.02 Å². The average molecular weight is 490 g/mol. The van der Waals surface area contributed by atoms with E-state index in [9.17, 15) is 13.2 Å². The fourth-order valence-corrected chi connectivity index (χ4v) is 4.45. The van der Waals surface area contributed by atoms with Crippen molar-refractivity contribution in [3.05, 3.63) is 77.4 Å². The average Bonchev–Trinajstić information content (AvgIpc) is 2.81. The zero-order chi connectivity index (χ0) is 24.0. The predicted molar refractivity (Wildman–Crippen MR) is 123 cm³/mol. The number of sulfone groups is 1. The highest BCUT2D eigenvalue weighted by molar-refractivity contribution is 7.91. The standard InChI is InChI=1S/C23H24ClN3O5S/c1-15(2)22(23(28)27-29)26-14-16-11-12-25-21(13-16)33(30,31)20-9-7-19(8-10-20)32-18-5-3-17(24)4-6-18/h3-13,15,22,26,29H,14H2,1-2H3,(H,27,28)/t22-/m1/s1. The first-order chi connectivity index (χ1) is 15.7. The van der Waals surface area contributed by atoms with Crippen LogP contribution >= 0.6 is 11.6 Å². The summed E-state index contributed by atoms with van der Waals surface area (Å²) in [5.41, 5.74) is 2.26. The van der Waals surface area contributed by atoms with Gasteiger partial charge in [0.2, 0.25) is 9.84 Å². The van der Waals surface area contributed by atoms with E-state index in [2.05, 4.69) is 10.3 Å². The summed E-state index contributed by atoms with van der Waals surface area (Å²) in [6.07, 6.45) is 1.40. The number of halogens is 1. The number of amides is 1. The lowest BCUT2D eigenvalue weighted by molar-refractivity contribution is -0.132. The highest BCUT2D eigenvalue weighted by Gasteiger charge is 2.22. The predicted octanol–water partition coefficient (Wildman–Crippen LogP) is 3.98. The number of nitrogens with one attached hydrogen (secondary N) is 2. The Morgan fingerprint density at radius 1 is 1.06 bits per heavy atom. The zero-order valence-electron chi connectivity index (χ0n) is 18.0. The van der Waals surface area contributed by atoms with E-state index in [0.29, 0.717) is 22.1 Å². The van der Waals surface area contributed by atoms with Crippen LogP contribution in [0.15, 0.2) is 76.8 Å². The normalized spacial score (nSPS) is 12.4. The van der Waals surface area contributed by atoms with Gasteiger partial charge in [0, 0.05) is 17.8 Å². The van der Waals surface area contributed by atoms with Crippen LogP contribution in [0.5, 0.6) is 11.5 Å². The Hall–Kier alpha value is -2.98. The van der Waals surface area contributed by atoms with Crippen molar-refractivity contribution in [3.63, 3.8) is 0 Å². The fraction of sp³-hybridized carbons (Fsp3) is 0.217. The minimum Gasteiger partial charge on any atom is -0.457 e. The number of hydrogen-bond donors (Lipinski definition) is 3. The lowest BCUT2D eigenvalue weighted by Crippen LogP contribution is -2.46. The number of carbonyl (C=O) groups excluding carboxylic acids is 1. The number of carbonyl (C=O) groups is 1. The van der Waals surface area contributed by atoms with E-state index >= 15 is 0 Å².